The topological polar surface area (TPSA) is 29.3 Å². The summed E-state index contributed by atoms with van der Waals surface area (Å²) in [5, 5.41) is 0. The van der Waals surface area contributed by atoms with Gasteiger partial charge in [-0.3, -0.25) is 4.90 Å². The van der Waals surface area contributed by atoms with Crippen molar-refractivity contribution in [2.75, 3.05) is 31.6 Å². The van der Waals surface area contributed by atoms with Gasteiger partial charge < -0.3 is 5.73 Å². The first-order chi connectivity index (χ1) is 7.86. The van der Waals surface area contributed by atoms with Gasteiger partial charge >= 0.3 is 0 Å². The van der Waals surface area contributed by atoms with E-state index in [-0.39, 0.29) is 0 Å². The van der Waals surface area contributed by atoms with Crippen LogP contribution in [-0.2, 0) is 6.54 Å². The van der Waals surface area contributed by atoms with Gasteiger partial charge in [-0.25, -0.2) is 0 Å². The summed E-state index contributed by atoms with van der Waals surface area (Å²) in [5.74, 6) is 1.19. The van der Waals surface area contributed by atoms with E-state index in [0.717, 1.165) is 32.6 Å². The van der Waals surface area contributed by atoms with Crippen molar-refractivity contribution in [2.45, 2.75) is 13.0 Å². The summed E-state index contributed by atoms with van der Waals surface area (Å²) >= 11 is 1.90. The van der Waals surface area contributed by atoms with Crippen molar-refractivity contribution in [1.82, 2.24) is 4.90 Å². The second-order valence-corrected chi connectivity index (χ2v) is 4.88. The lowest BCUT2D eigenvalue weighted by Crippen LogP contribution is -2.28. The molecule has 0 aliphatic carbocycles. The third kappa shape index (κ3) is 5.54. The van der Waals surface area contributed by atoms with Crippen molar-refractivity contribution in [3.8, 4) is 0 Å². The van der Waals surface area contributed by atoms with Crippen molar-refractivity contribution in [3.05, 3.63) is 35.9 Å². The molecule has 90 valence electrons. The van der Waals surface area contributed by atoms with Gasteiger partial charge in [-0.15, -0.1) is 0 Å². The van der Waals surface area contributed by atoms with Gasteiger partial charge in [-0.2, -0.15) is 11.8 Å². The van der Waals surface area contributed by atoms with E-state index in [1.807, 2.05) is 11.8 Å². The van der Waals surface area contributed by atoms with Gasteiger partial charge in [0.05, 0.1) is 0 Å². The number of thioether (sulfide) groups is 1. The lowest BCUT2D eigenvalue weighted by atomic mass is 10.2. The zero-order valence-corrected chi connectivity index (χ0v) is 10.9. The Morgan fingerprint density at radius 3 is 2.56 bits per heavy atom. The number of nitrogens with two attached hydrogens (primary N) is 1. The lowest BCUT2D eigenvalue weighted by Gasteiger charge is -2.21. The second-order valence-electron chi connectivity index (χ2n) is 3.90. The number of hydrogen-bond acceptors (Lipinski definition) is 3. The molecule has 0 saturated heterocycles. The summed E-state index contributed by atoms with van der Waals surface area (Å²) < 4.78 is 0. The van der Waals surface area contributed by atoms with Crippen molar-refractivity contribution in [3.63, 3.8) is 0 Å². The predicted molar refractivity (Wildman–Crippen MR) is 73.8 cm³/mol. The maximum absolute atomic E-state index is 5.57. The molecule has 0 aromatic heterocycles. The van der Waals surface area contributed by atoms with Crippen LogP contribution in [0.4, 0.5) is 0 Å². The van der Waals surface area contributed by atoms with E-state index < -0.39 is 0 Å². The van der Waals surface area contributed by atoms with E-state index >= 15 is 0 Å². The van der Waals surface area contributed by atoms with Crippen LogP contribution in [-0.4, -0.2) is 36.5 Å². The summed E-state index contributed by atoms with van der Waals surface area (Å²) in [6.07, 6.45) is 3.24. The Labute approximate surface area is 103 Å². The van der Waals surface area contributed by atoms with Crippen LogP contribution in [0.1, 0.15) is 12.0 Å². The second kappa shape index (κ2) is 8.62. The van der Waals surface area contributed by atoms with Gasteiger partial charge in [-0.1, -0.05) is 30.3 Å². The minimum atomic E-state index is 0.782. The zero-order chi connectivity index (χ0) is 11.6. The van der Waals surface area contributed by atoms with Gasteiger partial charge in [0.15, 0.2) is 0 Å². The quantitative estimate of drug-likeness (QED) is 0.753. The molecule has 1 aromatic carbocycles. The van der Waals surface area contributed by atoms with Gasteiger partial charge in [0.1, 0.15) is 0 Å². The van der Waals surface area contributed by atoms with E-state index in [1.54, 1.807) is 0 Å². The zero-order valence-electron chi connectivity index (χ0n) is 10.1. The third-order valence-corrected chi connectivity index (χ3v) is 3.13. The highest BCUT2D eigenvalue weighted by atomic mass is 32.2. The predicted octanol–water partition coefficient (Wildman–Crippen LogP) is 2.20. The third-order valence-electron chi connectivity index (χ3n) is 2.54. The highest BCUT2D eigenvalue weighted by molar-refractivity contribution is 7.98. The Morgan fingerprint density at radius 2 is 1.94 bits per heavy atom. The average Bonchev–Trinajstić information content (AvgIpc) is 2.34. The summed E-state index contributed by atoms with van der Waals surface area (Å²) in [4.78, 5) is 2.48. The molecule has 0 heterocycles. The molecular formula is C13H22N2S. The molecule has 2 nitrogen and oxygen atoms in total. The SMILES string of the molecule is CSCCN(CCCN)Cc1ccccc1. The van der Waals surface area contributed by atoms with Gasteiger partial charge in [0.25, 0.3) is 0 Å². The Morgan fingerprint density at radius 1 is 1.19 bits per heavy atom. The molecule has 0 spiro atoms. The molecule has 0 aliphatic rings. The van der Waals surface area contributed by atoms with E-state index in [2.05, 4.69) is 41.5 Å². The standard InChI is InChI=1S/C13H22N2S/c1-16-11-10-15(9-5-8-14)12-13-6-3-2-4-7-13/h2-4,6-7H,5,8-12,14H2,1H3. The molecule has 0 saturated carbocycles. The minimum Gasteiger partial charge on any atom is -0.330 e. The molecule has 0 bridgehead atoms. The van der Waals surface area contributed by atoms with Crippen LogP contribution in [0.5, 0.6) is 0 Å². The fourth-order valence-electron chi connectivity index (χ4n) is 1.65. The van der Waals surface area contributed by atoms with Crippen molar-refractivity contribution in [2.24, 2.45) is 5.73 Å². The number of nitrogens with zero attached hydrogens (tertiary/aromatic N) is 1. The fourth-order valence-corrected chi connectivity index (χ4v) is 2.09. The molecule has 0 amide bonds. The van der Waals surface area contributed by atoms with Crippen LogP contribution in [0.2, 0.25) is 0 Å². The molecule has 0 unspecified atom stereocenters. The van der Waals surface area contributed by atoms with Gasteiger partial charge in [-0.05, 0) is 31.3 Å². The van der Waals surface area contributed by atoms with E-state index in [1.165, 1.54) is 11.3 Å². The van der Waals surface area contributed by atoms with E-state index in [4.69, 9.17) is 5.73 Å². The molecular weight excluding hydrogens is 216 g/mol. The Bertz CT molecular complexity index is 256. The van der Waals surface area contributed by atoms with Crippen LogP contribution in [0, 0.1) is 0 Å². The first kappa shape index (κ1) is 13.6. The summed E-state index contributed by atoms with van der Waals surface area (Å²) in [6, 6.07) is 10.6. The van der Waals surface area contributed by atoms with Crippen molar-refractivity contribution >= 4 is 11.8 Å². The molecule has 0 fully saturated rings. The molecule has 1 aromatic rings. The number of rotatable bonds is 8. The highest BCUT2D eigenvalue weighted by Gasteiger charge is 2.04. The Kier molecular flexibility index (Phi) is 7.30. The number of hydrogen-bond donors (Lipinski definition) is 1. The van der Waals surface area contributed by atoms with Crippen molar-refractivity contribution in [1.29, 1.82) is 0 Å². The molecule has 3 heteroatoms. The van der Waals surface area contributed by atoms with E-state index in [9.17, 15) is 0 Å². The van der Waals surface area contributed by atoms with Crippen LogP contribution in [0.25, 0.3) is 0 Å². The van der Waals surface area contributed by atoms with Crippen LogP contribution in [0.15, 0.2) is 30.3 Å². The smallest absolute Gasteiger partial charge is 0.0234 e. The van der Waals surface area contributed by atoms with Crippen LogP contribution in [0.3, 0.4) is 0 Å². The molecule has 16 heavy (non-hydrogen) atoms. The fraction of sp³-hybridized carbons (Fsp3) is 0.538. The first-order valence-electron chi connectivity index (χ1n) is 5.82. The van der Waals surface area contributed by atoms with E-state index in [0.29, 0.717) is 0 Å². The normalized spacial score (nSPS) is 10.9. The summed E-state index contributed by atoms with van der Waals surface area (Å²) in [7, 11) is 0. The maximum Gasteiger partial charge on any atom is 0.0234 e. The average molecular weight is 238 g/mol. The number of benzene rings is 1. The van der Waals surface area contributed by atoms with Gasteiger partial charge in [0.2, 0.25) is 0 Å². The Hall–Kier alpha value is -0.510. The molecule has 1 rings (SSSR count). The van der Waals surface area contributed by atoms with Crippen LogP contribution >= 0.6 is 11.8 Å². The Balaban J connectivity index is 2.42. The maximum atomic E-state index is 5.57. The summed E-state index contributed by atoms with van der Waals surface area (Å²) in [5.41, 5.74) is 6.96. The van der Waals surface area contributed by atoms with Gasteiger partial charge in [0, 0.05) is 18.8 Å². The molecule has 2 N–H and O–H groups in total. The lowest BCUT2D eigenvalue weighted by molar-refractivity contribution is 0.280. The largest absolute Gasteiger partial charge is 0.330 e. The highest BCUT2D eigenvalue weighted by Crippen LogP contribution is 2.06. The van der Waals surface area contributed by atoms with Crippen LogP contribution < -0.4 is 5.73 Å². The summed E-state index contributed by atoms with van der Waals surface area (Å²) in [6.45, 7) is 4.08. The molecule has 0 aliphatic heterocycles. The van der Waals surface area contributed by atoms with Crippen molar-refractivity contribution < 1.29 is 0 Å². The minimum absolute atomic E-state index is 0.782. The first-order valence-corrected chi connectivity index (χ1v) is 7.21. The monoisotopic (exact) mass is 238 g/mol. The molecule has 0 radical (unpaired) electrons. The molecule has 0 atom stereocenters.